The fourth-order valence-electron chi connectivity index (χ4n) is 4.19. The monoisotopic (exact) mass is 452 g/mol. The van der Waals surface area contributed by atoms with E-state index >= 15 is 0 Å². The van der Waals surface area contributed by atoms with Gasteiger partial charge in [-0.25, -0.2) is 9.59 Å². The maximum Gasteiger partial charge on any atom is 0.415 e. The molecule has 1 aliphatic heterocycles. The van der Waals surface area contributed by atoms with Crippen LogP contribution in [-0.2, 0) is 11.2 Å². The van der Waals surface area contributed by atoms with Crippen molar-refractivity contribution in [2.24, 2.45) is 0 Å². The lowest BCUT2D eigenvalue weighted by Crippen LogP contribution is -2.47. The van der Waals surface area contributed by atoms with Gasteiger partial charge in [-0.15, -0.1) is 0 Å². The molecule has 0 saturated carbocycles. The number of carbonyl (C=O) groups excluding carboxylic acids is 2. The first kappa shape index (κ1) is 24.6. The lowest BCUT2D eigenvalue weighted by molar-refractivity contribution is 0.0528. The zero-order valence-corrected chi connectivity index (χ0v) is 20.2. The molecule has 0 aromatic heterocycles. The minimum Gasteiger partial charge on any atom is -0.444 e. The molecule has 2 amide bonds. The summed E-state index contributed by atoms with van der Waals surface area (Å²) < 4.78 is 11.0. The molecular weight excluding hydrogens is 416 g/mol. The number of nitrogens with zero attached hydrogens (tertiary/aromatic N) is 1. The van der Waals surface area contributed by atoms with Gasteiger partial charge in [-0.2, -0.15) is 0 Å². The second-order valence-corrected chi connectivity index (χ2v) is 9.65. The predicted octanol–water partition coefficient (Wildman–Crippen LogP) is 5.91. The van der Waals surface area contributed by atoms with Crippen molar-refractivity contribution in [2.45, 2.75) is 70.9 Å². The molecular formula is C27H36N2O4. The van der Waals surface area contributed by atoms with Gasteiger partial charge in [-0.1, -0.05) is 49.4 Å². The normalized spacial score (nSPS) is 17.2. The van der Waals surface area contributed by atoms with Crippen LogP contribution in [0.1, 0.15) is 64.0 Å². The predicted molar refractivity (Wildman–Crippen MR) is 130 cm³/mol. The summed E-state index contributed by atoms with van der Waals surface area (Å²) in [7, 11) is 0. The van der Waals surface area contributed by atoms with Crippen LogP contribution < -0.4 is 10.1 Å². The van der Waals surface area contributed by atoms with Gasteiger partial charge in [0, 0.05) is 25.0 Å². The number of hydrogen-bond acceptors (Lipinski definition) is 4. The summed E-state index contributed by atoms with van der Waals surface area (Å²) in [6.07, 6.45) is 3.05. The van der Waals surface area contributed by atoms with Crippen LogP contribution in [-0.4, -0.2) is 41.8 Å². The van der Waals surface area contributed by atoms with Crippen molar-refractivity contribution in [1.29, 1.82) is 0 Å². The van der Waals surface area contributed by atoms with E-state index in [2.05, 4.69) is 24.4 Å². The molecule has 6 nitrogen and oxygen atoms in total. The molecule has 0 spiro atoms. The van der Waals surface area contributed by atoms with Gasteiger partial charge in [0.05, 0.1) is 0 Å². The van der Waals surface area contributed by atoms with E-state index < -0.39 is 11.7 Å². The highest BCUT2D eigenvalue weighted by Gasteiger charge is 2.32. The van der Waals surface area contributed by atoms with E-state index in [4.69, 9.17) is 9.47 Å². The first-order valence-corrected chi connectivity index (χ1v) is 11.8. The minimum absolute atomic E-state index is 0.131. The van der Waals surface area contributed by atoms with E-state index in [9.17, 15) is 9.59 Å². The van der Waals surface area contributed by atoms with Crippen LogP contribution in [0.2, 0.25) is 0 Å². The van der Waals surface area contributed by atoms with Crippen LogP contribution in [0.25, 0.3) is 0 Å². The summed E-state index contributed by atoms with van der Waals surface area (Å²) >= 11 is 0. The van der Waals surface area contributed by atoms with Gasteiger partial charge in [-0.3, -0.25) is 0 Å². The summed E-state index contributed by atoms with van der Waals surface area (Å²) in [4.78, 5) is 26.6. The number of rotatable bonds is 6. The number of ether oxygens (including phenoxy) is 2. The SMILES string of the molecule is CC(c1ccccc1)C1CCCCN1C(=O)Oc1ccc(CCNC(=O)OC(C)(C)C)cc1. The van der Waals surface area contributed by atoms with Crippen molar-refractivity contribution < 1.29 is 19.1 Å². The van der Waals surface area contributed by atoms with Gasteiger partial charge in [0.1, 0.15) is 11.4 Å². The average molecular weight is 453 g/mol. The Morgan fingerprint density at radius 2 is 1.76 bits per heavy atom. The molecule has 0 radical (unpaired) electrons. The number of hydrogen-bond donors (Lipinski definition) is 1. The Labute approximate surface area is 197 Å². The summed E-state index contributed by atoms with van der Waals surface area (Å²) in [5, 5.41) is 2.75. The van der Waals surface area contributed by atoms with Crippen molar-refractivity contribution >= 4 is 12.2 Å². The number of benzene rings is 2. The van der Waals surface area contributed by atoms with Crippen molar-refractivity contribution in [3.8, 4) is 5.75 Å². The van der Waals surface area contributed by atoms with Gasteiger partial charge in [0.2, 0.25) is 0 Å². The maximum absolute atomic E-state index is 13.0. The molecule has 1 saturated heterocycles. The lowest BCUT2D eigenvalue weighted by Gasteiger charge is -2.38. The molecule has 2 atom stereocenters. The van der Waals surface area contributed by atoms with Crippen LogP contribution in [0.15, 0.2) is 54.6 Å². The summed E-state index contributed by atoms with van der Waals surface area (Å²) in [5.41, 5.74) is 1.77. The lowest BCUT2D eigenvalue weighted by atomic mass is 9.87. The third kappa shape index (κ3) is 7.52. The van der Waals surface area contributed by atoms with E-state index in [1.165, 1.54) is 5.56 Å². The average Bonchev–Trinajstić information content (AvgIpc) is 2.79. The zero-order valence-electron chi connectivity index (χ0n) is 20.2. The quantitative estimate of drug-likeness (QED) is 0.591. The number of piperidine rings is 1. The summed E-state index contributed by atoms with van der Waals surface area (Å²) in [6, 6.07) is 17.9. The van der Waals surface area contributed by atoms with Crippen LogP contribution >= 0.6 is 0 Å². The van der Waals surface area contributed by atoms with Crippen LogP contribution in [0.5, 0.6) is 5.75 Å². The highest BCUT2D eigenvalue weighted by molar-refractivity contribution is 5.71. The molecule has 2 unspecified atom stereocenters. The second kappa shape index (κ2) is 11.2. The molecule has 1 aliphatic rings. The van der Waals surface area contributed by atoms with E-state index in [1.807, 2.05) is 56.0 Å². The molecule has 1 heterocycles. The third-order valence-electron chi connectivity index (χ3n) is 5.90. The number of nitrogens with one attached hydrogen (secondary N) is 1. The largest absolute Gasteiger partial charge is 0.444 e. The van der Waals surface area contributed by atoms with Crippen molar-refractivity contribution in [1.82, 2.24) is 10.2 Å². The third-order valence-corrected chi connectivity index (χ3v) is 5.90. The zero-order chi connectivity index (χ0) is 23.8. The second-order valence-electron chi connectivity index (χ2n) is 9.65. The van der Waals surface area contributed by atoms with Gasteiger partial charge in [-0.05, 0) is 69.7 Å². The Kier molecular flexibility index (Phi) is 8.37. The van der Waals surface area contributed by atoms with E-state index in [1.54, 1.807) is 12.1 Å². The summed E-state index contributed by atoms with van der Waals surface area (Å²) in [6.45, 7) is 8.88. The summed E-state index contributed by atoms with van der Waals surface area (Å²) in [5.74, 6) is 0.777. The fraction of sp³-hybridized carbons (Fsp3) is 0.481. The van der Waals surface area contributed by atoms with Gasteiger partial charge in [0.25, 0.3) is 0 Å². The Balaban J connectivity index is 1.53. The molecule has 2 aromatic carbocycles. The van der Waals surface area contributed by atoms with Gasteiger partial charge < -0.3 is 19.7 Å². The molecule has 6 heteroatoms. The Morgan fingerprint density at radius 1 is 1.06 bits per heavy atom. The molecule has 178 valence electrons. The number of alkyl carbamates (subject to hydrolysis) is 1. The molecule has 1 fully saturated rings. The Hall–Kier alpha value is -3.02. The topological polar surface area (TPSA) is 67.9 Å². The molecule has 3 rings (SSSR count). The highest BCUT2D eigenvalue weighted by atomic mass is 16.6. The number of amides is 2. The molecule has 0 aliphatic carbocycles. The standard InChI is InChI=1S/C27H36N2O4/c1-20(22-10-6-5-7-11-22)24-12-8-9-19-29(24)26(31)32-23-15-13-21(14-16-23)17-18-28-25(30)33-27(2,3)4/h5-7,10-11,13-16,20,24H,8-9,12,17-19H2,1-4H3,(H,28,30). The van der Waals surface area contributed by atoms with Gasteiger partial charge >= 0.3 is 12.2 Å². The fourth-order valence-corrected chi connectivity index (χ4v) is 4.19. The van der Waals surface area contributed by atoms with Crippen LogP contribution in [0, 0.1) is 0 Å². The van der Waals surface area contributed by atoms with E-state index in [-0.39, 0.29) is 18.1 Å². The molecule has 1 N–H and O–H groups in total. The smallest absolute Gasteiger partial charge is 0.415 e. The van der Waals surface area contributed by atoms with Gasteiger partial charge in [0.15, 0.2) is 0 Å². The Morgan fingerprint density at radius 3 is 2.42 bits per heavy atom. The highest BCUT2D eigenvalue weighted by Crippen LogP contribution is 2.31. The number of carbonyl (C=O) groups is 2. The molecule has 2 aromatic rings. The first-order chi connectivity index (χ1) is 15.7. The van der Waals surface area contributed by atoms with Crippen LogP contribution in [0.4, 0.5) is 9.59 Å². The minimum atomic E-state index is -0.512. The van der Waals surface area contributed by atoms with E-state index in [0.717, 1.165) is 31.4 Å². The molecule has 33 heavy (non-hydrogen) atoms. The van der Waals surface area contributed by atoms with Crippen LogP contribution in [0.3, 0.4) is 0 Å². The van der Waals surface area contributed by atoms with Crippen molar-refractivity contribution in [3.05, 3.63) is 65.7 Å². The van der Waals surface area contributed by atoms with Crippen molar-refractivity contribution in [2.75, 3.05) is 13.1 Å². The number of likely N-dealkylation sites (tertiary alicyclic amines) is 1. The Bertz CT molecular complexity index is 906. The molecule has 0 bridgehead atoms. The van der Waals surface area contributed by atoms with E-state index in [0.29, 0.717) is 18.7 Å². The van der Waals surface area contributed by atoms with Crippen molar-refractivity contribution in [3.63, 3.8) is 0 Å². The first-order valence-electron chi connectivity index (χ1n) is 11.8. The maximum atomic E-state index is 13.0.